The highest BCUT2D eigenvalue weighted by atomic mass is 16.5. The zero-order chi connectivity index (χ0) is 14.2. The van der Waals surface area contributed by atoms with E-state index in [-0.39, 0.29) is 0 Å². The molecule has 1 unspecified atom stereocenters. The number of likely N-dealkylation sites (N-methyl/N-ethyl adjacent to an activating group) is 1. The average Bonchev–Trinajstić information content (AvgIpc) is 2.49. The minimum atomic E-state index is 0.428. The summed E-state index contributed by atoms with van der Waals surface area (Å²) in [5.41, 5.74) is 2.59. The van der Waals surface area contributed by atoms with E-state index >= 15 is 0 Å². The molecule has 0 bridgehead atoms. The fourth-order valence-electron chi connectivity index (χ4n) is 2.35. The van der Waals surface area contributed by atoms with Gasteiger partial charge in [-0.05, 0) is 48.7 Å². The normalized spacial score (nSPS) is 12.1. The van der Waals surface area contributed by atoms with Gasteiger partial charge in [-0.25, -0.2) is 0 Å². The summed E-state index contributed by atoms with van der Waals surface area (Å²) < 4.78 is 5.19. The fourth-order valence-corrected chi connectivity index (χ4v) is 2.35. The Morgan fingerprint density at radius 3 is 2.45 bits per heavy atom. The van der Waals surface area contributed by atoms with Gasteiger partial charge in [-0.1, -0.05) is 25.1 Å². The van der Waals surface area contributed by atoms with Crippen molar-refractivity contribution in [1.82, 2.24) is 10.3 Å². The summed E-state index contributed by atoms with van der Waals surface area (Å²) in [5.74, 6) is 0.904. The number of nitrogens with one attached hydrogen (secondary N) is 1. The molecule has 2 aromatic rings. The molecule has 0 saturated carbocycles. The first-order valence-electron chi connectivity index (χ1n) is 7.07. The van der Waals surface area contributed by atoms with Gasteiger partial charge in [-0.2, -0.15) is 0 Å². The third kappa shape index (κ3) is 4.35. The van der Waals surface area contributed by atoms with E-state index in [0.717, 1.165) is 25.1 Å². The number of nitrogens with zero attached hydrogens (tertiary/aromatic N) is 1. The molecule has 1 aromatic heterocycles. The zero-order valence-corrected chi connectivity index (χ0v) is 12.2. The Morgan fingerprint density at radius 1 is 1.10 bits per heavy atom. The third-order valence-corrected chi connectivity index (χ3v) is 3.34. The fraction of sp³-hybridized carbons (Fsp3) is 0.353. The summed E-state index contributed by atoms with van der Waals surface area (Å²) in [6.45, 7) is 3.12. The lowest BCUT2D eigenvalue weighted by atomic mass is 10.00. The van der Waals surface area contributed by atoms with Crippen LogP contribution in [0.25, 0.3) is 0 Å². The molecule has 0 fully saturated rings. The molecule has 0 spiro atoms. The Morgan fingerprint density at radius 2 is 1.85 bits per heavy atom. The summed E-state index contributed by atoms with van der Waals surface area (Å²) >= 11 is 0. The van der Waals surface area contributed by atoms with Crippen LogP contribution >= 0.6 is 0 Å². The molecule has 106 valence electrons. The van der Waals surface area contributed by atoms with Crippen molar-refractivity contribution in [2.75, 3.05) is 13.7 Å². The molecule has 0 amide bonds. The number of benzene rings is 1. The summed E-state index contributed by atoms with van der Waals surface area (Å²) in [7, 11) is 1.69. The molecular weight excluding hydrogens is 248 g/mol. The molecule has 1 heterocycles. The van der Waals surface area contributed by atoms with Gasteiger partial charge < -0.3 is 10.1 Å². The lowest BCUT2D eigenvalue weighted by molar-refractivity contribution is 0.414. The number of rotatable bonds is 7. The van der Waals surface area contributed by atoms with E-state index in [1.54, 1.807) is 7.11 Å². The van der Waals surface area contributed by atoms with Crippen molar-refractivity contribution in [3.05, 3.63) is 59.9 Å². The summed E-state index contributed by atoms with van der Waals surface area (Å²) in [4.78, 5) is 4.18. The van der Waals surface area contributed by atoms with Gasteiger partial charge in [0, 0.05) is 18.4 Å². The van der Waals surface area contributed by atoms with Crippen molar-refractivity contribution >= 4 is 0 Å². The second-order valence-electron chi connectivity index (χ2n) is 4.87. The molecule has 0 aliphatic rings. The second-order valence-corrected chi connectivity index (χ2v) is 4.87. The predicted octanol–water partition coefficient (Wildman–Crippen LogP) is 2.85. The maximum absolute atomic E-state index is 5.19. The molecule has 3 nitrogen and oxygen atoms in total. The van der Waals surface area contributed by atoms with E-state index in [4.69, 9.17) is 4.74 Å². The van der Waals surface area contributed by atoms with Crippen molar-refractivity contribution in [1.29, 1.82) is 0 Å². The van der Waals surface area contributed by atoms with E-state index in [0.29, 0.717) is 6.04 Å². The number of hydrogen-bond donors (Lipinski definition) is 1. The van der Waals surface area contributed by atoms with Crippen LogP contribution in [0.3, 0.4) is 0 Å². The van der Waals surface area contributed by atoms with Crippen LogP contribution in [0, 0.1) is 0 Å². The molecule has 0 aliphatic heterocycles. The number of pyridine rings is 1. The number of hydrogen-bond acceptors (Lipinski definition) is 3. The van der Waals surface area contributed by atoms with Crippen LogP contribution in [-0.2, 0) is 12.8 Å². The molecule has 3 heteroatoms. The molecule has 1 N–H and O–H groups in total. The van der Waals surface area contributed by atoms with Crippen LogP contribution in [0.2, 0.25) is 0 Å². The summed E-state index contributed by atoms with van der Waals surface area (Å²) in [6, 6.07) is 12.8. The van der Waals surface area contributed by atoms with E-state index in [9.17, 15) is 0 Å². The van der Waals surface area contributed by atoms with Crippen LogP contribution in [0.1, 0.15) is 18.1 Å². The second kappa shape index (κ2) is 7.65. The van der Waals surface area contributed by atoms with Crippen molar-refractivity contribution < 1.29 is 4.74 Å². The van der Waals surface area contributed by atoms with Crippen molar-refractivity contribution in [2.45, 2.75) is 25.8 Å². The Hall–Kier alpha value is -1.87. The molecule has 1 aromatic carbocycles. The van der Waals surface area contributed by atoms with Crippen LogP contribution in [-0.4, -0.2) is 24.7 Å². The Labute approximate surface area is 121 Å². The quantitative estimate of drug-likeness (QED) is 0.840. The van der Waals surface area contributed by atoms with E-state index in [2.05, 4.69) is 35.4 Å². The lowest BCUT2D eigenvalue weighted by Crippen LogP contribution is -2.33. The lowest BCUT2D eigenvalue weighted by Gasteiger charge is -2.18. The van der Waals surface area contributed by atoms with Gasteiger partial charge in [0.2, 0.25) is 0 Å². The number of aromatic nitrogens is 1. The van der Waals surface area contributed by atoms with Gasteiger partial charge in [0.25, 0.3) is 0 Å². The van der Waals surface area contributed by atoms with Gasteiger partial charge in [0.05, 0.1) is 7.11 Å². The first-order valence-corrected chi connectivity index (χ1v) is 7.07. The van der Waals surface area contributed by atoms with E-state index in [1.165, 1.54) is 11.1 Å². The largest absolute Gasteiger partial charge is 0.497 e. The first-order chi connectivity index (χ1) is 9.81. The molecular formula is C17H22N2O. The highest BCUT2D eigenvalue weighted by Crippen LogP contribution is 2.14. The highest BCUT2D eigenvalue weighted by molar-refractivity contribution is 5.28. The van der Waals surface area contributed by atoms with Crippen LogP contribution in [0.5, 0.6) is 5.75 Å². The minimum absolute atomic E-state index is 0.428. The number of ether oxygens (including phenoxy) is 1. The average molecular weight is 270 g/mol. The summed E-state index contributed by atoms with van der Waals surface area (Å²) in [6.07, 6.45) is 5.76. The molecule has 0 radical (unpaired) electrons. The first kappa shape index (κ1) is 14.5. The van der Waals surface area contributed by atoms with Crippen LogP contribution < -0.4 is 10.1 Å². The van der Waals surface area contributed by atoms with Crippen molar-refractivity contribution in [2.24, 2.45) is 0 Å². The van der Waals surface area contributed by atoms with Gasteiger partial charge in [-0.15, -0.1) is 0 Å². The minimum Gasteiger partial charge on any atom is -0.497 e. The van der Waals surface area contributed by atoms with Gasteiger partial charge in [0.15, 0.2) is 0 Å². The molecule has 0 saturated heterocycles. The van der Waals surface area contributed by atoms with Gasteiger partial charge in [0.1, 0.15) is 5.75 Å². The highest BCUT2D eigenvalue weighted by Gasteiger charge is 2.09. The SMILES string of the molecule is CCNC(Cc1ccc(OC)cc1)Cc1cccnc1. The maximum atomic E-state index is 5.19. The van der Waals surface area contributed by atoms with Crippen molar-refractivity contribution in [3.8, 4) is 5.75 Å². The third-order valence-electron chi connectivity index (χ3n) is 3.34. The predicted molar refractivity (Wildman–Crippen MR) is 82.1 cm³/mol. The van der Waals surface area contributed by atoms with E-state index in [1.807, 2.05) is 30.6 Å². The van der Waals surface area contributed by atoms with Gasteiger partial charge in [-0.3, -0.25) is 4.98 Å². The Balaban J connectivity index is 2.00. The monoisotopic (exact) mass is 270 g/mol. The summed E-state index contributed by atoms with van der Waals surface area (Å²) in [5, 5.41) is 3.55. The Bertz CT molecular complexity index is 496. The molecule has 1 atom stereocenters. The topological polar surface area (TPSA) is 34.1 Å². The molecule has 0 aliphatic carbocycles. The van der Waals surface area contributed by atoms with Gasteiger partial charge >= 0.3 is 0 Å². The standard InChI is InChI=1S/C17H22N2O/c1-3-19-16(12-15-5-4-10-18-13-15)11-14-6-8-17(20-2)9-7-14/h4-10,13,16,19H,3,11-12H2,1-2H3. The van der Waals surface area contributed by atoms with E-state index < -0.39 is 0 Å². The Kier molecular flexibility index (Phi) is 5.56. The van der Waals surface area contributed by atoms with Crippen molar-refractivity contribution in [3.63, 3.8) is 0 Å². The number of methoxy groups -OCH3 is 1. The molecule has 2 rings (SSSR count). The smallest absolute Gasteiger partial charge is 0.118 e. The molecule has 20 heavy (non-hydrogen) atoms. The van der Waals surface area contributed by atoms with Crippen LogP contribution in [0.4, 0.5) is 0 Å². The zero-order valence-electron chi connectivity index (χ0n) is 12.2. The maximum Gasteiger partial charge on any atom is 0.118 e. The van der Waals surface area contributed by atoms with Crippen LogP contribution in [0.15, 0.2) is 48.8 Å².